The van der Waals surface area contributed by atoms with Crippen LogP contribution in [0.4, 0.5) is 4.79 Å². The summed E-state index contributed by atoms with van der Waals surface area (Å²) in [6, 6.07) is 3.36. The number of carbonyl (C=O) groups is 2. The minimum absolute atomic E-state index is 0.194. The molecule has 0 unspecified atom stereocenters. The molecule has 6 nitrogen and oxygen atoms in total. The summed E-state index contributed by atoms with van der Waals surface area (Å²) in [6.07, 6.45) is 1.10. The summed E-state index contributed by atoms with van der Waals surface area (Å²) in [7, 11) is 0. The fourth-order valence-corrected chi connectivity index (χ4v) is 2.72. The number of aliphatic hydroxyl groups is 1. The highest BCUT2D eigenvalue weighted by Crippen LogP contribution is 2.09. The van der Waals surface area contributed by atoms with E-state index in [0.717, 1.165) is 4.88 Å². The topological polar surface area (TPSA) is 81.7 Å². The van der Waals surface area contributed by atoms with Crippen molar-refractivity contribution in [2.24, 2.45) is 0 Å². The standard InChI is InChI=1S/C13H19N3O3S/c17-10-3-5-16(6-4-10)9-12(18)15-13(19)14-8-11-2-1-7-20-11/h1-2,7,10,17H,3-6,8-9H2,(H2,14,15,18,19). The molecule has 1 aliphatic heterocycles. The van der Waals surface area contributed by atoms with Gasteiger partial charge in [0.15, 0.2) is 0 Å². The van der Waals surface area contributed by atoms with Crippen molar-refractivity contribution in [2.45, 2.75) is 25.5 Å². The minimum Gasteiger partial charge on any atom is -0.393 e. The number of imide groups is 1. The van der Waals surface area contributed by atoms with E-state index in [1.807, 2.05) is 22.4 Å². The number of thiophene rings is 1. The molecule has 2 rings (SSSR count). The molecular formula is C13H19N3O3S. The molecule has 3 amide bonds. The van der Waals surface area contributed by atoms with Gasteiger partial charge in [0.2, 0.25) is 5.91 Å². The average Bonchev–Trinajstić information content (AvgIpc) is 2.92. The first-order valence-corrected chi connectivity index (χ1v) is 7.52. The van der Waals surface area contributed by atoms with E-state index in [2.05, 4.69) is 10.6 Å². The Hall–Kier alpha value is -1.44. The number of piperidine rings is 1. The number of urea groups is 1. The van der Waals surface area contributed by atoms with Crippen LogP contribution in [0.2, 0.25) is 0 Å². The van der Waals surface area contributed by atoms with Gasteiger partial charge in [-0.15, -0.1) is 11.3 Å². The molecule has 3 N–H and O–H groups in total. The van der Waals surface area contributed by atoms with Gasteiger partial charge >= 0.3 is 6.03 Å². The zero-order chi connectivity index (χ0) is 14.4. The van der Waals surface area contributed by atoms with Gasteiger partial charge in [0.25, 0.3) is 0 Å². The quantitative estimate of drug-likeness (QED) is 0.757. The molecule has 1 aliphatic rings. The van der Waals surface area contributed by atoms with Gasteiger partial charge in [-0.3, -0.25) is 15.0 Å². The molecule has 20 heavy (non-hydrogen) atoms. The first-order chi connectivity index (χ1) is 9.63. The molecular weight excluding hydrogens is 278 g/mol. The molecule has 110 valence electrons. The summed E-state index contributed by atoms with van der Waals surface area (Å²) in [4.78, 5) is 26.2. The van der Waals surface area contributed by atoms with Crippen LogP contribution in [0.1, 0.15) is 17.7 Å². The van der Waals surface area contributed by atoms with Crippen molar-refractivity contribution in [3.8, 4) is 0 Å². The number of hydrogen-bond acceptors (Lipinski definition) is 5. The molecule has 0 atom stereocenters. The second-order valence-electron chi connectivity index (χ2n) is 4.82. The second kappa shape index (κ2) is 7.37. The molecule has 0 radical (unpaired) electrons. The van der Waals surface area contributed by atoms with Crippen LogP contribution < -0.4 is 10.6 Å². The minimum atomic E-state index is -0.472. The summed E-state index contributed by atoms with van der Waals surface area (Å²) < 4.78 is 0. The van der Waals surface area contributed by atoms with Crippen LogP contribution in [0.25, 0.3) is 0 Å². The van der Waals surface area contributed by atoms with Gasteiger partial charge in [0, 0.05) is 18.0 Å². The fraction of sp³-hybridized carbons (Fsp3) is 0.538. The van der Waals surface area contributed by atoms with Crippen molar-refractivity contribution in [2.75, 3.05) is 19.6 Å². The normalized spacial score (nSPS) is 16.9. The van der Waals surface area contributed by atoms with Gasteiger partial charge in [-0.05, 0) is 24.3 Å². The molecule has 0 spiro atoms. The van der Waals surface area contributed by atoms with Crippen LogP contribution in [0.5, 0.6) is 0 Å². The van der Waals surface area contributed by atoms with E-state index in [1.54, 1.807) is 11.3 Å². The molecule has 0 aromatic carbocycles. The molecule has 1 fully saturated rings. The first kappa shape index (κ1) is 15.0. The second-order valence-corrected chi connectivity index (χ2v) is 5.85. The third-order valence-electron chi connectivity index (χ3n) is 3.18. The number of likely N-dealkylation sites (tertiary alicyclic amines) is 1. The fourth-order valence-electron chi connectivity index (χ4n) is 2.07. The van der Waals surface area contributed by atoms with Gasteiger partial charge in [-0.25, -0.2) is 4.79 Å². The van der Waals surface area contributed by atoms with E-state index in [9.17, 15) is 14.7 Å². The van der Waals surface area contributed by atoms with Crippen molar-refractivity contribution < 1.29 is 14.7 Å². The van der Waals surface area contributed by atoms with Crippen LogP contribution in [-0.4, -0.2) is 47.7 Å². The molecule has 1 aromatic heterocycles. The molecule has 0 bridgehead atoms. The number of amides is 3. The highest BCUT2D eigenvalue weighted by molar-refractivity contribution is 7.09. The zero-order valence-electron chi connectivity index (χ0n) is 11.2. The Morgan fingerprint density at radius 3 is 2.80 bits per heavy atom. The molecule has 7 heteroatoms. The third kappa shape index (κ3) is 4.92. The van der Waals surface area contributed by atoms with E-state index in [4.69, 9.17) is 0 Å². The van der Waals surface area contributed by atoms with Crippen LogP contribution in [0.15, 0.2) is 17.5 Å². The van der Waals surface area contributed by atoms with Crippen LogP contribution in [0, 0.1) is 0 Å². The maximum absolute atomic E-state index is 11.7. The van der Waals surface area contributed by atoms with E-state index >= 15 is 0 Å². The Kier molecular flexibility index (Phi) is 5.51. The molecule has 0 aliphatic carbocycles. The van der Waals surface area contributed by atoms with E-state index in [0.29, 0.717) is 32.5 Å². The number of nitrogens with zero attached hydrogens (tertiary/aromatic N) is 1. The smallest absolute Gasteiger partial charge is 0.321 e. The Balaban J connectivity index is 1.64. The Morgan fingerprint density at radius 1 is 1.40 bits per heavy atom. The number of nitrogens with one attached hydrogen (secondary N) is 2. The summed E-state index contributed by atoms with van der Waals surface area (Å²) >= 11 is 1.55. The highest BCUT2D eigenvalue weighted by atomic mass is 32.1. The zero-order valence-corrected chi connectivity index (χ0v) is 12.0. The number of carbonyl (C=O) groups excluding carboxylic acids is 2. The van der Waals surface area contributed by atoms with Crippen molar-refractivity contribution >= 4 is 23.3 Å². The lowest BCUT2D eigenvalue weighted by molar-refractivity contribution is -0.121. The Morgan fingerprint density at radius 2 is 2.15 bits per heavy atom. The van der Waals surface area contributed by atoms with Gasteiger partial charge in [0.1, 0.15) is 0 Å². The van der Waals surface area contributed by atoms with Crippen molar-refractivity contribution in [1.82, 2.24) is 15.5 Å². The van der Waals surface area contributed by atoms with Gasteiger partial charge in [0.05, 0.1) is 19.2 Å². The molecule has 0 saturated carbocycles. The van der Waals surface area contributed by atoms with Crippen molar-refractivity contribution in [1.29, 1.82) is 0 Å². The SMILES string of the molecule is O=C(CN1CCC(O)CC1)NC(=O)NCc1cccs1. The number of hydrogen-bond donors (Lipinski definition) is 3. The Labute approximate surface area is 121 Å². The summed E-state index contributed by atoms with van der Waals surface area (Å²) in [5, 5.41) is 16.3. The Bertz CT molecular complexity index is 442. The first-order valence-electron chi connectivity index (χ1n) is 6.64. The highest BCUT2D eigenvalue weighted by Gasteiger charge is 2.19. The predicted octanol–water partition coefficient (Wildman–Crippen LogP) is 0.531. The summed E-state index contributed by atoms with van der Waals surface area (Å²) in [5.74, 6) is -0.315. The predicted molar refractivity (Wildman–Crippen MR) is 76.4 cm³/mol. The lowest BCUT2D eigenvalue weighted by Gasteiger charge is -2.28. The van der Waals surface area contributed by atoms with E-state index in [-0.39, 0.29) is 18.6 Å². The lowest BCUT2D eigenvalue weighted by Crippen LogP contribution is -2.46. The van der Waals surface area contributed by atoms with Gasteiger partial charge in [-0.1, -0.05) is 6.07 Å². The van der Waals surface area contributed by atoms with Gasteiger partial charge in [-0.2, -0.15) is 0 Å². The van der Waals surface area contributed by atoms with Crippen molar-refractivity contribution in [3.63, 3.8) is 0 Å². The third-order valence-corrected chi connectivity index (χ3v) is 4.06. The maximum atomic E-state index is 11.7. The largest absolute Gasteiger partial charge is 0.393 e. The van der Waals surface area contributed by atoms with Gasteiger partial charge < -0.3 is 10.4 Å². The van der Waals surface area contributed by atoms with Crippen LogP contribution >= 0.6 is 11.3 Å². The summed E-state index contributed by atoms with van der Waals surface area (Å²) in [5.41, 5.74) is 0. The molecule has 1 saturated heterocycles. The van der Waals surface area contributed by atoms with Crippen LogP contribution in [0.3, 0.4) is 0 Å². The number of aliphatic hydroxyl groups excluding tert-OH is 1. The number of rotatable bonds is 4. The lowest BCUT2D eigenvalue weighted by atomic mass is 10.1. The van der Waals surface area contributed by atoms with Crippen LogP contribution in [-0.2, 0) is 11.3 Å². The summed E-state index contributed by atoms with van der Waals surface area (Å²) in [6.45, 7) is 1.99. The van der Waals surface area contributed by atoms with E-state index < -0.39 is 6.03 Å². The maximum Gasteiger partial charge on any atom is 0.321 e. The monoisotopic (exact) mass is 297 g/mol. The average molecular weight is 297 g/mol. The molecule has 2 heterocycles. The van der Waals surface area contributed by atoms with Crippen molar-refractivity contribution in [3.05, 3.63) is 22.4 Å². The molecule has 1 aromatic rings. The van der Waals surface area contributed by atoms with E-state index in [1.165, 1.54) is 0 Å².